The van der Waals surface area contributed by atoms with Crippen molar-refractivity contribution in [3.63, 3.8) is 0 Å². The largest absolute Gasteiger partial charge is 0.479 e. The van der Waals surface area contributed by atoms with E-state index in [-0.39, 0.29) is 57.4 Å². The number of carbonyl (C=O) groups is 3. The minimum absolute atomic E-state index is 0.0596. The van der Waals surface area contributed by atoms with Crippen molar-refractivity contribution in [2.45, 2.75) is 63.7 Å². The van der Waals surface area contributed by atoms with E-state index < -0.39 is 54.3 Å². The number of carboxylic acids is 1. The second-order valence-electron chi connectivity index (χ2n) is 9.75. The molecule has 15 heteroatoms. The summed E-state index contributed by atoms with van der Waals surface area (Å²) < 4.78 is 26.5. The summed E-state index contributed by atoms with van der Waals surface area (Å²) in [5, 5.41) is 53.9. The number of benzene rings is 1. The summed E-state index contributed by atoms with van der Waals surface area (Å²) >= 11 is 0. The molecule has 1 saturated heterocycles. The van der Waals surface area contributed by atoms with Crippen LogP contribution in [0.5, 0.6) is 5.75 Å². The van der Waals surface area contributed by atoms with Crippen molar-refractivity contribution in [1.82, 2.24) is 10.6 Å². The van der Waals surface area contributed by atoms with E-state index in [4.69, 9.17) is 23.7 Å². The van der Waals surface area contributed by atoms with Crippen LogP contribution in [-0.2, 0) is 30.3 Å². The molecule has 15 nitrogen and oxygen atoms in total. The third-order valence-electron chi connectivity index (χ3n) is 5.35. The molecule has 1 aliphatic rings. The van der Waals surface area contributed by atoms with Crippen LogP contribution in [0.2, 0.25) is 0 Å². The zero-order valence-corrected chi connectivity index (χ0v) is 22.6. The molecule has 1 aliphatic heterocycles. The molecule has 1 aromatic rings. The number of hydrogen-bond donors (Lipinski definition) is 7. The number of aliphatic hydroxyl groups excluding tert-OH is 4. The van der Waals surface area contributed by atoms with Crippen LogP contribution in [-0.4, -0.2) is 119 Å². The molecule has 0 aromatic heterocycles. The van der Waals surface area contributed by atoms with E-state index in [1.54, 1.807) is 20.8 Å². The molecule has 226 valence electrons. The fraction of sp³-hybridized carbons (Fsp3) is 0.640. The lowest BCUT2D eigenvalue weighted by Crippen LogP contribution is -2.61. The molecule has 0 unspecified atom stereocenters. The minimum Gasteiger partial charge on any atom is -0.479 e. The molecule has 40 heavy (non-hydrogen) atoms. The highest BCUT2D eigenvalue weighted by atomic mass is 16.7. The number of alkyl carbamates (subject to hydrolysis) is 1. The lowest BCUT2D eigenvalue weighted by molar-refractivity contribution is -0.271. The normalized spacial score (nSPS) is 22.8. The van der Waals surface area contributed by atoms with Gasteiger partial charge in [-0.05, 0) is 38.5 Å². The lowest BCUT2D eigenvalue weighted by atomic mass is 9.99. The van der Waals surface area contributed by atoms with Gasteiger partial charge in [0.25, 0.3) is 5.91 Å². The van der Waals surface area contributed by atoms with Gasteiger partial charge in [0.05, 0.1) is 38.6 Å². The molecule has 0 radical (unpaired) electrons. The van der Waals surface area contributed by atoms with Gasteiger partial charge < -0.3 is 59.9 Å². The van der Waals surface area contributed by atoms with E-state index in [0.29, 0.717) is 5.56 Å². The van der Waals surface area contributed by atoms with Gasteiger partial charge in [-0.3, -0.25) is 4.79 Å². The van der Waals surface area contributed by atoms with Crippen LogP contribution < -0.4 is 15.4 Å². The van der Waals surface area contributed by atoms with E-state index >= 15 is 0 Å². The third kappa shape index (κ3) is 10.5. The summed E-state index contributed by atoms with van der Waals surface area (Å²) in [6.45, 7) is 6.13. The fourth-order valence-electron chi connectivity index (χ4n) is 3.42. The zero-order chi connectivity index (χ0) is 29.9. The summed E-state index contributed by atoms with van der Waals surface area (Å²) in [5.74, 6) is -2.33. The molecule has 2 rings (SSSR count). The maximum absolute atomic E-state index is 12.8. The Morgan fingerprint density at radius 3 is 2.12 bits per heavy atom. The first-order valence-electron chi connectivity index (χ1n) is 12.6. The summed E-state index contributed by atoms with van der Waals surface area (Å²) in [5.41, 5.74) is -0.275. The molecule has 7 N–H and O–H groups in total. The molecule has 1 heterocycles. The molecular formula is C25H38N2O13. The van der Waals surface area contributed by atoms with Gasteiger partial charge in [-0.25, -0.2) is 9.59 Å². The summed E-state index contributed by atoms with van der Waals surface area (Å²) in [6, 6.07) is 4.09. The Morgan fingerprint density at radius 2 is 1.55 bits per heavy atom. The Balaban J connectivity index is 1.80. The highest BCUT2D eigenvalue weighted by molar-refractivity contribution is 5.97. The average Bonchev–Trinajstić information content (AvgIpc) is 2.88. The van der Waals surface area contributed by atoms with Crippen LogP contribution in [0.15, 0.2) is 18.2 Å². The number of carbonyl (C=O) groups excluding carboxylic acids is 2. The van der Waals surface area contributed by atoms with Crippen molar-refractivity contribution in [1.29, 1.82) is 0 Å². The van der Waals surface area contributed by atoms with Crippen molar-refractivity contribution in [3.8, 4) is 5.75 Å². The number of aliphatic carboxylic acids is 1. The van der Waals surface area contributed by atoms with Gasteiger partial charge in [0, 0.05) is 13.1 Å². The SMILES string of the molecule is CC(C)(C)OC(=O)NCCOCCOCCNC(=O)c1cc(CO)ccc1O[C@@H]1O[C@H](C(=O)O)[C@@H](O)[C@H](O)[C@H]1O. The number of amides is 2. The minimum atomic E-state index is -1.90. The Morgan fingerprint density at radius 1 is 0.925 bits per heavy atom. The second kappa shape index (κ2) is 15.7. The second-order valence-corrected chi connectivity index (χ2v) is 9.75. The number of carboxylic acid groups (broad SMARTS) is 1. The summed E-state index contributed by atoms with van der Waals surface area (Å²) in [7, 11) is 0. The van der Waals surface area contributed by atoms with Crippen molar-refractivity contribution in [2.75, 3.05) is 39.5 Å². The molecular weight excluding hydrogens is 536 g/mol. The Bertz CT molecular complexity index is 984. The van der Waals surface area contributed by atoms with E-state index in [1.165, 1.54) is 18.2 Å². The van der Waals surface area contributed by atoms with Gasteiger partial charge in [0.1, 0.15) is 29.7 Å². The Labute approximate surface area is 230 Å². The van der Waals surface area contributed by atoms with Crippen molar-refractivity contribution >= 4 is 18.0 Å². The van der Waals surface area contributed by atoms with Crippen LogP contribution in [0, 0.1) is 0 Å². The van der Waals surface area contributed by atoms with Crippen LogP contribution in [0.4, 0.5) is 4.79 Å². The smallest absolute Gasteiger partial charge is 0.407 e. The molecule has 0 saturated carbocycles. The van der Waals surface area contributed by atoms with E-state index in [2.05, 4.69) is 10.6 Å². The van der Waals surface area contributed by atoms with Crippen LogP contribution in [0.1, 0.15) is 36.7 Å². The van der Waals surface area contributed by atoms with E-state index in [0.717, 1.165) is 0 Å². The fourth-order valence-corrected chi connectivity index (χ4v) is 3.42. The van der Waals surface area contributed by atoms with Crippen LogP contribution in [0.25, 0.3) is 0 Å². The summed E-state index contributed by atoms with van der Waals surface area (Å²) in [4.78, 5) is 35.7. The Hall–Kier alpha value is -3.05. The standard InChI is InChI=1S/C25H38N2O13/c1-25(2,3)40-24(35)27-7-9-37-11-10-36-8-6-26-21(32)15-12-14(13-28)4-5-16(15)38-23-19(31)17(29)18(30)20(39-23)22(33)34/h4-5,12,17-20,23,28-31H,6-11,13H2,1-3H3,(H,26,32)(H,27,35)(H,33,34)/t17-,18-,19+,20-,23+/m0/s1. The predicted octanol–water partition coefficient (Wildman–Crippen LogP) is -1.26. The van der Waals surface area contributed by atoms with Gasteiger partial charge >= 0.3 is 12.1 Å². The first-order chi connectivity index (χ1) is 18.8. The quantitative estimate of drug-likeness (QED) is 0.129. The van der Waals surface area contributed by atoms with Crippen molar-refractivity contribution in [2.24, 2.45) is 0 Å². The average molecular weight is 575 g/mol. The number of hydrogen-bond acceptors (Lipinski definition) is 12. The highest BCUT2D eigenvalue weighted by Gasteiger charge is 2.48. The Kier molecular flexibility index (Phi) is 13.0. The molecule has 1 fully saturated rings. The topological polar surface area (TPSA) is 223 Å². The first-order valence-corrected chi connectivity index (χ1v) is 12.6. The van der Waals surface area contributed by atoms with Crippen molar-refractivity contribution in [3.05, 3.63) is 29.3 Å². The molecule has 0 bridgehead atoms. The van der Waals surface area contributed by atoms with Gasteiger partial charge in [-0.1, -0.05) is 6.07 Å². The van der Waals surface area contributed by atoms with Crippen LogP contribution >= 0.6 is 0 Å². The van der Waals surface area contributed by atoms with Gasteiger partial charge in [0.15, 0.2) is 6.10 Å². The maximum Gasteiger partial charge on any atom is 0.407 e. The van der Waals surface area contributed by atoms with Gasteiger partial charge in [0.2, 0.25) is 6.29 Å². The molecule has 2 amide bonds. The number of nitrogens with one attached hydrogen (secondary N) is 2. The lowest BCUT2D eigenvalue weighted by Gasteiger charge is -2.38. The van der Waals surface area contributed by atoms with Gasteiger partial charge in [-0.15, -0.1) is 0 Å². The van der Waals surface area contributed by atoms with E-state index in [9.17, 15) is 39.9 Å². The monoisotopic (exact) mass is 574 g/mol. The summed E-state index contributed by atoms with van der Waals surface area (Å²) in [6.07, 6.45) is -9.72. The van der Waals surface area contributed by atoms with E-state index in [1.807, 2.05) is 0 Å². The van der Waals surface area contributed by atoms with Crippen LogP contribution in [0.3, 0.4) is 0 Å². The highest BCUT2D eigenvalue weighted by Crippen LogP contribution is 2.27. The third-order valence-corrected chi connectivity index (χ3v) is 5.35. The molecule has 5 atom stereocenters. The first kappa shape index (κ1) is 33.2. The number of ether oxygens (including phenoxy) is 5. The van der Waals surface area contributed by atoms with Gasteiger partial charge in [-0.2, -0.15) is 0 Å². The maximum atomic E-state index is 12.8. The number of aliphatic hydroxyl groups is 4. The number of rotatable bonds is 14. The molecule has 0 spiro atoms. The predicted molar refractivity (Wildman–Crippen MR) is 136 cm³/mol. The molecule has 0 aliphatic carbocycles. The molecule has 1 aromatic carbocycles. The van der Waals surface area contributed by atoms with Crippen molar-refractivity contribution < 1.29 is 63.6 Å². The zero-order valence-electron chi connectivity index (χ0n) is 22.6.